The molecule has 0 spiro atoms. The average Bonchev–Trinajstić information content (AvgIpc) is 3.25. The maximum absolute atomic E-state index is 11.3. The zero-order chi connectivity index (χ0) is 23.6. The van der Waals surface area contributed by atoms with Gasteiger partial charge in [-0.25, -0.2) is 4.79 Å². The first-order chi connectivity index (χ1) is 15.7. The van der Waals surface area contributed by atoms with E-state index in [0.717, 1.165) is 28.0 Å². The molecule has 3 aromatic rings. The van der Waals surface area contributed by atoms with Crippen LogP contribution < -0.4 is 14.8 Å². The van der Waals surface area contributed by atoms with Gasteiger partial charge in [-0.3, -0.25) is 0 Å². The van der Waals surface area contributed by atoms with Gasteiger partial charge in [-0.15, -0.1) is 10.2 Å². The zero-order valence-corrected chi connectivity index (χ0v) is 19.0. The summed E-state index contributed by atoms with van der Waals surface area (Å²) in [7, 11) is 0. The van der Waals surface area contributed by atoms with Gasteiger partial charge in [-0.05, 0) is 62.6 Å². The highest BCUT2D eigenvalue weighted by atomic mass is 16.6. The smallest absolute Gasteiger partial charge is 0.405 e. The highest BCUT2D eigenvalue weighted by Gasteiger charge is 2.25. The fourth-order valence-electron chi connectivity index (χ4n) is 3.53. The van der Waals surface area contributed by atoms with Gasteiger partial charge in [0.25, 0.3) is 0 Å². The van der Waals surface area contributed by atoms with Crippen molar-refractivity contribution >= 4 is 6.09 Å². The van der Waals surface area contributed by atoms with Crippen molar-refractivity contribution in [1.82, 2.24) is 15.5 Å². The van der Waals surface area contributed by atoms with Crippen molar-refractivity contribution in [1.29, 1.82) is 0 Å². The van der Waals surface area contributed by atoms with E-state index in [2.05, 4.69) is 15.5 Å². The van der Waals surface area contributed by atoms with Crippen molar-refractivity contribution < 1.29 is 28.5 Å². The standard InChI is InChI=1S/C24H27N3O6/c1-14-16(15-8-9-19-20(12-15)31-11-10-30-19)6-5-7-17(14)21-26-27-22(33-21)18(25-23(28)29)13-32-24(2,3)4/h5-9,12,18,25H,10-11,13H2,1-4H3,(H,28,29)/t18-/m1/s1. The maximum Gasteiger partial charge on any atom is 0.405 e. The fraction of sp³-hybridized carbons (Fsp3) is 0.375. The van der Waals surface area contributed by atoms with Crippen LogP contribution in [0.2, 0.25) is 0 Å². The predicted molar refractivity (Wildman–Crippen MR) is 121 cm³/mol. The molecule has 1 atom stereocenters. The molecule has 9 heteroatoms. The SMILES string of the molecule is Cc1c(-c2ccc3c(c2)OCCO3)cccc1-c1nnc([C@@H](COC(C)(C)C)NC(=O)O)o1. The summed E-state index contributed by atoms with van der Waals surface area (Å²) in [5, 5.41) is 19.9. The quantitative estimate of drug-likeness (QED) is 0.556. The van der Waals surface area contributed by atoms with Gasteiger partial charge in [0.05, 0.1) is 12.2 Å². The monoisotopic (exact) mass is 453 g/mol. The summed E-state index contributed by atoms with van der Waals surface area (Å²) in [6.07, 6.45) is -1.20. The van der Waals surface area contributed by atoms with Gasteiger partial charge in [-0.2, -0.15) is 0 Å². The molecule has 1 aliphatic heterocycles. The Morgan fingerprint density at radius 3 is 2.58 bits per heavy atom. The summed E-state index contributed by atoms with van der Waals surface area (Å²) in [5.74, 6) is 1.88. The van der Waals surface area contributed by atoms with E-state index in [1.54, 1.807) is 0 Å². The van der Waals surface area contributed by atoms with Crippen LogP contribution >= 0.6 is 0 Å². The van der Waals surface area contributed by atoms with Crippen molar-refractivity contribution in [2.45, 2.75) is 39.3 Å². The molecule has 2 heterocycles. The number of carboxylic acid groups (broad SMARTS) is 1. The predicted octanol–water partition coefficient (Wildman–Crippen LogP) is 4.61. The van der Waals surface area contributed by atoms with Crippen molar-refractivity contribution in [2.24, 2.45) is 0 Å². The number of aromatic nitrogens is 2. The molecule has 0 unspecified atom stereocenters. The van der Waals surface area contributed by atoms with Gasteiger partial charge in [0.15, 0.2) is 11.5 Å². The van der Waals surface area contributed by atoms with E-state index in [1.165, 1.54) is 0 Å². The van der Waals surface area contributed by atoms with Gasteiger partial charge in [-0.1, -0.05) is 18.2 Å². The molecular weight excluding hydrogens is 426 g/mol. The number of hydrogen-bond acceptors (Lipinski definition) is 7. The number of hydrogen-bond donors (Lipinski definition) is 2. The summed E-state index contributed by atoms with van der Waals surface area (Å²) in [4.78, 5) is 11.3. The van der Waals surface area contributed by atoms with Gasteiger partial charge >= 0.3 is 6.09 Å². The van der Waals surface area contributed by atoms with Gasteiger partial charge in [0.2, 0.25) is 11.8 Å². The van der Waals surface area contributed by atoms with E-state index in [1.807, 2.05) is 64.1 Å². The van der Waals surface area contributed by atoms with E-state index < -0.39 is 17.7 Å². The van der Waals surface area contributed by atoms with Gasteiger partial charge in [0.1, 0.15) is 19.3 Å². The number of rotatable bonds is 6. The number of carbonyl (C=O) groups is 1. The first-order valence-electron chi connectivity index (χ1n) is 10.7. The molecule has 0 fully saturated rings. The fourth-order valence-corrected chi connectivity index (χ4v) is 3.53. The Balaban J connectivity index is 1.63. The lowest BCUT2D eigenvalue weighted by molar-refractivity contribution is -0.0173. The van der Waals surface area contributed by atoms with Crippen LogP contribution in [0.1, 0.15) is 38.3 Å². The lowest BCUT2D eigenvalue weighted by atomic mass is 9.96. The summed E-state index contributed by atoms with van der Waals surface area (Å²) in [6, 6.07) is 10.9. The Hall–Kier alpha value is -3.59. The lowest BCUT2D eigenvalue weighted by Gasteiger charge is -2.22. The van der Waals surface area contributed by atoms with Crippen molar-refractivity contribution in [3.63, 3.8) is 0 Å². The number of nitrogens with one attached hydrogen (secondary N) is 1. The first kappa shape index (κ1) is 22.6. The van der Waals surface area contributed by atoms with Gasteiger partial charge < -0.3 is 29.1 Å². The average molecular weight is 453 g/mol. The molecular formula is C24H27N3O6. The minimum Gasteiger partial charge on any atom is -0.486 e. The summed E-state index contributed by atoms with van der Waals surface area (Å²) in [6.45, 7) is 8.75. The molecule has 0 saturated heterocycles. The molecule has 0 bridgehead atoms. The van der Waals surface area contributed by atoms with Gasteiger partial charge in [0, 0.05) is 5.56 Å². The summed E-state index contributed by atoms with van der Waals surface area (Å²) < 4.78 is 23.0. The molecule has 1 aromatic heterocycles. The molecule has 9 nitrogen and oxygen atoms in total. The molecule has 1 amide bonds. The largest absolute Gasteiger partial charge is 0.486 e. The van der Waals surface area contributed by atoms with Crippen LogP contribution in [0.5, 0.6) is 11.5 Å². The third-order valence-corrected chi connectivity index (χ3v) is 5.14. The van der Waals surface area contributed by atoms with Crippen molar-refractivity contribution in [3.8, 4) is 34.1 Å². The highest BCUT2D eigenvalue weighted by molar-refractivity contribution is 5.76. The zero-order valence-electron chi connectivity index (χ0n) is 19.0. The lowest BCUT2D eigenvalue weighted by Crippen LogP contribution is -2.33. The van der Waals surface area contributed by atoms with E-state index in [9.17, 15) is 9.90 Å². The Morgan fingerprint density at radius 1 is 1.12 bits per heavy atom. The normalized spacial score (nSPS) is 14.1. The second-order valence-electron chi connectivity index (χ2n) is 8.71. The molecule has 4 rings (SSSR count). The molecule has 0 saturated carbocycles. The number of nitrogens with zero attached hydrogens (tertiary/aromatic N) is 2. The Labute approximate surface area is 191 Å². The van der Waals surface area contributed by atoms with E-state index in [-0.39, 0.29) is 12.5 Å². The van der Waals surface area contributed by atoms with E-state index >= 15 is 0 Å². The topological polar surface area (TPSA) is 116 Å². The number of ether oxygens (including phenoxy) is 3. The van der Waals surface area contributed by atoms with Crippen molar-refractivity contribution in [2.75, 3.05) is 19.8 Å². The van der Waals surface area contributed by atoms with Crippen molar-refractivity contribution in [3.05, 3.63) is 47.9 Å². The number of benzene rings is 2. The minimum atomic E-state index is -1.20. The highest BCUT2D eigenvalue weighted by Crippen LogP contribution is 2.37. The summed E-state index contributed by atoms with van der Waals surface area (Å²) >= 11 is 0. The van der Waals surface area contributed by atoms with E-state index in [0.29, 0.717) is 24.9 Å². The first-order valence-corrected chi connectivity index (χ1v) is 10.7. The Bertz CT molecular complexity index is 1150. The molecule has 0 aliphatic carbocycles. The Morgan fingerprint density at radius 2 is 1.85 bits per heavy atom. The van der Waals surface area contributed by atoms with Crippen LogP contribution in [-0.2, 0) is 4.74 Å². The molecule has 0 radical (unpaired) electrons. The molecule has 1 aliphatic rings. The van der Waals surface area contributed by atoms with Crippen LogP contribution in [0.15, 0.2) is 40.8 Å². The second kappa shape index (κ2) is 9.11. The van der Waals surface area contributed by atoms with E-state index in [4.69, 9.17) is 18.6 Å². The van der Waals surface area contributed by atoms with Crippen LogP contribution in [0.25, 0.3) is 22.6 Å². The molecule has 2 N–H and O–H groups in total. The van der Waals surface area contributed by atoms with Crippen LogP contribution in [0, 0.1) is 6.92 Å². The van der Waals surface area contributed by atoms with Crippen LogP contribution in [-0.4, -0.2) is 46.8 Å². The molecule has 33 heavy (non-hydrogen) atoms. The van der Waals surface area contributed by atoms with Crippen LogP contribution in [0.4, 0.5) is 4.79 Å². The third-order valence-electron chi connectivity index (χ3n) is 5.14. The second-order valence-corrected chi connectivity index (χ2v) is 8.71. The Kier molecular flexibility index (Phi) is 6.24. The maximum atomic E-state index is 11.3. The number of fused-ring (bicyclic) bond motifs is 1. The molecule has 174 valence electrons. The van der Waals surface area contributed by atoms with Crippen LogP contribution in [0.3, 0.4) is 0 Å². The third kappa shape index (κ3) is 5.25. The number of amides is 1. The minimum absolute atomic E-state index is 0.0631. The molecule has 2 aromatic carbocycles. The summed E-state index contributed by atoms with van der Waals surface area (Å²) in [5.41, 5.74) is 3.21.